The summed E-state index contributed by atoms with van der Waals surface area (Å²) in [5, 5.41) is 11.4. The monoisotopic (exact) mass is 285 g/mol. The molecule has 0 aromatic heterocycles. The van der Waals surface area contributed by atoms with Crippen LogP contribution in [0.5, 0.6) is 0 Å². The second-order valence-corrected chi connectivity index (χ2v) is 4.92. The van der Waals surface area contributed by atoms with E-state index in [9.17, 15) is 9.90 Å². The van der Waals surface area contributed by atoms with Crippen LogP contribution in [-0.4, -0.2) is 28.5 Å². The average molecular weight is 286 g/mol. The summed E-state index contributed by atoms with van der Waals surface area (Å²) in [5.41, 5.74) is 0.832. The highest BCUT2D eigenvalue weighted by atomic mass is 35.5. The molecule has 0 heterocycles. The summed E-state index contributed by atoms with van der Waals surface area (Å²) in [4.78, 5) is 13.0. The summed E-state index contributed by atoms with van der Waals surface area (Å²) in [7, 11) is 0. The fourth-order valence-electron chi connectivity index (χ4n) is 1.84. The molecule has 1 aromatic carbocycles. The maximum Gasteiger partial charge on any atom is 0.326 e. The van der Waals surface area contributed by atoms with E-state index in [-0.39, 0.29) is 6.04 Å². The SMILES string of the molecule is CC(CC=S)N(c1ccc(Cl)cc1)[C@@H](C)C(=O)O. The number of benzene rings is 1. The third kappa shape index (κ3) is 3.68. The highest BCUT2D eigenvalue weighted by molar-refractivity contribution is 7.78. The van der Waals surface area contributed by atoms with Crippen LogP contribution in [0.2, 0.25) is 5.02 Å². The van der Waals surface area contributed by atoms with Crippen molar-refractivity contribution in [2.75, 3.05) is 4.90 Å². The van der Waals surface area contributed by atoms with Crippen LogP contribution in [0.1, 0.15) is 20.3 Å². The molecule has 0 saturated carbocycles. The highest BCUT2D eigenvalue weighted by Crippen LogP contribution is 2.23. The van der Waals surface area contributed by atoms with Gasteiger partial charge in [-0.15, -0.1) is 0 Å². The van der Waals surface area contributed by atoms with E-state index < -0.39 is 12.0 Å². The fraction of sp³-hybridized carbons (Fsp3) is 0.385. The molecule has 0 bridgehead atoms. The number of hydrogen-bond donors (Lipinski definition) is 1. The number of aliphatic carboxylic acids is 1. The molecule has 0 aliphatic heterocycles. The molecule has 5 heteroatoms. The highest BCUT2D eigenvalue weighted by Gasteiger charge is 2.25. The summed E-state index contributed by atoms with van der Waals surface area (Å²) < 4.78 is 0. The van der Waals surface area contributed by atoms with Crippen molar-refractivity contribution in [2.45, 2.75) is 32.4 Å². The molecule has 1 N–H and O–H groups in total. The number of hydrogen-bond acceptors (Lipinski definition) is 3. The van der Waals surface area contributed by atoms with E-state index in [0.717, 1.165) is 5.69 Å². The van der Waals surface area contributed by atoms with Crippen molar-refractivity contribution in [3.63, 3.8) is 0 Å². The van der Waals surface area contributed by atoms with Crippen LogP contribution in [-0.2, 0) is 4.79 Å². The summed E-state index contributed by atoms with van der Waals surface area (Å²) in [6.07, 6.45) is 0.648. The van der Waals surface area contributed by atoms with Gasteiger partial charge < -0.3 is 10.0 Å². The summed E-state index contributed by atoms with van der Waals surface area (Å²) >= 11 is 10.7. The van der Waals surface area contributed by atoms with Crippen molar-refractivity contribution in [1.29, 1.82) is 0 Å². The molecule has 0 amide bonds. The topological polar surface area (TPSA) is 40.5 Å². The Morgan fingerprint density at radius 1 is 1.44 bits per heavy atom. The smallest absolute Gasteiger partial charge is 0.326 e. The van der Waals surface area contributed by atoms with Crippen LogP contribution in [0.4, 0.5) is 5.69 Å². The van der Waals surface area contributed by atoms with E-state index in [1.807, 2.05) is 24.0 Å². The molecular weight excluding hydrogens is 270 g/mol. The predicted octanol–water partition coefficient (Wildman–Crippen LogP) is 3.40. The third-order valence-electron chi connectivity index (χ3n) is 2.81. The van der Waals surface area contributed by atoms with Gasteiger partial charge >= 0.3 is 5.97 Å². The molecule has 18 heavy (non-hydrogen) atoms. The molecule has 1 aromatic rings. The predicted molar refractivity (Wildman–Crippen MR) is 78.8 cm³/mol. The molecule has 0 spiro atoms. The summed E-state index contributed by atoms with van der Waals surface area (Å²) in [6.45, 7) is 3.62. The lowest BCUT2D eigenvalue weighted by molar-refractivity contribution is -0.138. The van der Waals surface area contributed by atoms with Gasteiger partial charge in [0.1, 0.15) is 6.04 Å². The van der Waals surface area contributed by atoms with Gasteiger partial charge in [-0.25, -0.2) is 4.79 Å². The lowest BCUT2D eigenvalue weighted by Gasteiger charge is -2.34. The van der Waals surface area contributed by atoms with E-state index in [1.54, 1.807) is 24.4 Å². The maximum atomic E-state index is 11.2. The standard InChI is InChI=1S/C13H16ClNO2S/c1-9(7-8-18)15(10(2)13(16)17)12-5-3-11(14)4-6-12/h3-6,8-10H,7H2,1-2H3,(H,16,17)/t9?,10-/m0/s1. The number of halogens is 1. The Bertz CT molecular complexity index is 422. The molecule has 98 valence electrons. The quantitative estimate of drug-likeness (QED) is 0.813. The van der Waals surface area contributed by atoms with E-state index >= 15 is 0 Å². The molecule has 0 radical (unpaired) electrons. The number of rotatable bonds is 6. The molecule has 1 rings (SSSR count). The fourth-order valence-corrected chi connectivity index (χ4v) is 2.25. The minimum Gasteiger partial charge on any atom is -0.480 e. The Hall–Kier alpha value is -1.13. The zero-order valence-electron chi connectivity index (χ0n) is 10.3. The molecule has 3 nitrogen and oxygen atoms in total. The Kier molecular flexibility index (Phi) is 5.56. The first-order valence-electron chi connectivity index (χ1n) is 5.67. The van der Waals surface area contributed by atoms with Crippen LogP contribution in [0, 0.1) is 0 Å². The van der Waals surface area contributed by atoms with Gasteiger partial charge in [0.15, 0.2) is 0 Å². The van der Waals surface area contributed by atoms with Crippen molar-refractivity contribution in [3.8, 4) is 0 Å². The van der Waals surface area contributed by atoms with Crippen molar-refractivity contribution in [3.05, 3.63) is 29.3 Å². The first-order chi connectivity index (χ1) is 8.47. The lowest BCUT2D eigenvalue weighted by Crippen LogP contribution is -2.45. The summed E-state index contributed by atoms with van der Waals surface area (Å²) in [6, 6.07) is 6.56. The van der Waals surface area contributed by atoms with Crippen LogP contribution >= 0.6 is 23.8 Å². The van der Waals surface area contributed by atoms with E-state index in [0.29, 0.717) is 11.4 Å². The average Bonchev–Trinajstić information content (AvgIpc) is 2.32. The molecule has 1 unspecified atom stereocenters. The van der Waals surface area contributed by atoms with Gasteiger partial charge in [-0.2, -0.15) is 0 Å². The van der Waals surface area contributed by atoms with Crippen LogP contribution in [0.3, 0.4) is 0 Å². The number of carboxylic acids is 1. The molecule has 0 fully saturated rings. The number of nitrogens with zero attached hydrogens (tertiary/aromatic N) is 1. The number of anilines is 1. The van der Waals surface area contributed by atoms with E-state index in [1.165, 1.54) is 0 Å². The van der Waals surface area contributed by atoms with Crippen molar-refractivity contribution < 1.29 is 9.90 Å². The first kappa shape index (κ1) is 14.9. The third-order valence-corrected chi connectivity index (χ3v) is 3.26. The van der Waals surface area contributed by atoms with Gasteiger partial charge in [-0.3, -0.25) is 0 Å². The minimum atomic E-state index is -0.860. The molecule has 0 saturated heterocycles. The van der Waals surface area contributed by atoms with Gasteiger partial charge in [-0.05, 0) is 49.9 Å². The molecule has 0 aliphatic carbocycles. The second-order valence-electron chi connectivity index (χ2n) is 4.15. The van der Waals surface area contributed by atoms with E-state index in [2.05, 4.69) is 0 Å². The maximum absolute atomic E-state index is 11.2. The Morgan fingerprint density at radius 2 is 2.00 bits per heavy atom. The number of carboxylic acid groups (broad SMARTS) is 1. The normalized spacial score (nSPS) is 13.7. The molecule has 2 atom stereocenters. The number of carbonyl (C=O) groups is 1. The van der Waals surface area contributed by atoms with Crippen molar-refractivity contribution in [1.82, 2.24) is 0 Å². The van der Waals surface area contributed by atoms with Crippen molar-refractivity contribution in [2.24, 2.45) is 0 Å². The second kappa shape index (κ2) is 6.71. The Labute approximate surface area is 117 Å². The molecular formula is C13H16ClNO2S. The van der Waals surface area contributed by atoms with Gasteiger partial charge in [0.2, 0.25) is 0 Å². The van der Waals surface area contributed by atoms with E-state index in [4.69, 9.17) is 23.8 Å². The van der Waals surface area contributed by atoms with Crippen molar-refractivity contribution >= 4 is 40.8 Å². The Morgan fingerprint density at radius 3 is 2.44 bits per heavy atom. The largest absolute Gasteiger partial charge is 0.480 e. The van der Waals surface area contributed by atoms with Gasteiger partial charge in [0.05, 0.1) is 0 Å². The number of thiocarbonyl (C=S) groups is 1. The van der Waals surface area contributed by atoms with Crippen LogP contribution < -0.4 is 4.90 Å². The molecule has 0 aliphatic rings. The van der Waals surface area contributed by atoms with Crippen LogP contribution in [0.25, 0.3) is 0 Å². The van der Waals surface area contributed by atoms with Crippen LogP contribution in [0.15, 0.2) is 24.3 Å². The summed E-state index contributed by atoms with van der Waals surface area (Å²) in [5.74, 6) is -0.860. The van der Waals surface area contributed by atoms with Gasteiger partial charge in [0.25, 0.3) is 0 Å². The minimum absolute atomic E-state index is 0.0229. The zero-order valence-corrected chi connectivity index (χ0v) is 11.9. The Balaban J connectivity index is 3.06. The lowest BCUT2D eigenvalue weighted by atomic mass is 10.1. The zero-order chi connectivity index (χ0) is 13.7. The van der Waals surface area contributed by atoms with Gasteiger partial charge in [0, 0.05) is 16.8 Å². The van der Waals surface area contributed by atoms with Gasteiger partial charge in [-0.1, -0.05) is 23.8 Å². The first-order valence-corrected chi connectivity index (χ1v) is 6.52.